The van der Waals surface area contributed by atoms with Crippen LogP contribution in [-0.2, 0) is 0 Å². The Morgan fingerprint density at radius 3 is 2.10 bits per heavy atom. The summed E-state index contributed by atoms with van der Waals surface area (Å²) < 4.78 is 17.5. The van der Waals surface area contributed by atoms with Crippen LogP contribution in [0, 0.1) is 0 Å². The molecule has 0 radical (unpaired) electrons. The maximum absolute atomic E-state index is 5.92. The Morgan fingerprint density at radius 1 is 0.714 bits per heavy atom. The highest BCUT2D eigenvalue weighted by Gasteiger charge is 2.13. The minimum Gasteiger partial charge on any atom is -0.490 e. The molecular weight excluding hydrogens is 264 g/mol. The molecule has 0 aliphatic carbocycles. The first kappa shape index (κ1) is 15.2. The van der Waals surface area contributed by atoms with Crippen LogP contribution in [0.15, 0.2) is 48.5 Å². The molecule has 3 nitrogen and oxygen atoms in total. The fraction of sp³-hybridized carbons (Fsp3) is 0.333. The maximum Gasteiger partial charge on any atom is 0.204 e. The number of hydrogen-bond donors (Lipinski definition) is 0. The third kappa shape index (κ3) is 4.42. The van der Waals surface area contributed by atoms with Gasteiger partial charge in [-0.3, -0.25) is 0 Å². The van der Waals surface area contributed by atoms with Gasteiger partial charge < -0.3 is 14.2 Å². The van der Waals surface area contributed by atoms with Gasteiger partial charge in [-0.1, -0.05) is 38.1 Å². The van der Waals surface area contributed by atoms with Gasteiger partial charge in [0.25, 0.3) is 0 Å². The van der Waals surface area contributed by atoms with E-state index < -0.39 is 0 Å². The molecule has 112 valence electrons. The van der Waals surface area contributed by atoms with Gasteiger partial charge in [0.05, 0.1) is 13.2 Å². The molecule has 0 atom stereocenters. The van der Waals surface area contributed by atoms with Crippen LogP contribution in [-0.4, -0.2) is 13.2 Å². The van der Waals surface area contributed by atoms with E-state index in [1.807, 2.05) is 48.5 Å². The summed E-state index contributed by atoms with van der Waals surface area (Å²) in [5.41, 5.74) is 0. The quantitative estimate of drug-likeness (QED) is 0.679. The second kappa shape index (κ2) is 8.20. The molecule has 2 aromatic rings. The molecule has 0 aromatic heterocycles. The zero-order valence-corrected chi connectivity index (χ0v) is 12.7. The van der Waals surface area contributed by atoms with Crippen molar-refractivity contribution >= 4 is 0 Å². The lowest BCUT2D eigenvalue weighted by Gasteiger charge is -2.16. The molecule has 0 amide bonds. The van der Waals surface area contributed by atoms with Crippen molar-refractivity contribution in [2.24, 2.45) is 0 Å². The third-order valence-electron chi connectivity index (χ3n) is 2.83. The first-order chi connectivity index (χ1) is 10.3. The van der Waals surface area contributed by atoms with Crippen molar-refractivity contribution in [2.45, 2.75) is 26.7 Å². The Kier molecular flexibility index (Phi) is 5.95. The summed E-state index contributed by atoms with van der Waals surface area (Å²) in [4.78, 5) is 0. The van der Waals surface area contributed by atoms with Gasteiger partial charge in [0.15, 0.2) is 11.5 Å². The Labute approximate surface area is 126 Å². The lowest BCUT2D eigenvalue weighted by atomic mass is 10.3. The van der Waals surface area contributed by atoms with E-state index in [2.05, 4.69) is 13.8 Å². The normalized spacial score (nSPS) is 10.2. The van der Waals surface area contributed by atoms with E-state index >= 15 is 0 Å². The fourth-order valence-electron chi connectivity index (χ4n) is 1.86. The Balaban J connectivity index is 2.25. The summed E-state index contributed by atoms with van der Waals surface area (Å²) in [5, 5.41) is 0. The number of benzene rings is 2. The van der Waals surface area contributed by atoms with E-state index in [0.29, 0.717) is 24.7 Å². The molecular formula is C18H22O3. The first-order valence-corrected chi connectivity index (χ1v) is 7.46. The van der Waals surface area contributed by atoms with Crippen LogP contribution < -0.4 is 14.2 Å². The molecule has 0 bridgehead atoms. The van der Waals surface area contributed by atoms with Crippen LogP contribution in [0.4, 0.5) is 0 Å². The van der Waals surface area contributed by atoms with E-state index in [9.17, 15) is 0 Å². The summed E-state index contributed by atoms with van der Waals surface area (Å²) in [6.07, 6.45) is 1.89. The topological polar surface area (TPSA) is 27.7 Å². The van der Waals surface area contributed by atoms with Gasteiger partial charge in [0, 0.05) is 0 Å². The van der Waals surface area contributed by atoms with Crippen LogP contribution in [0.5, 0.6) is 23.0 Å². The molecule has 0 fully saturated rings. The van der Waals surface area contributed by atoms with Crippen molar-refractivity contribution in [1.29, 1.82) is 0 Å². The Hall–Kier alpha value is -2.16. The van der Waals surface area contributed by atoms with Gasteiger partial charge >= 0.3 is 0 Å². The smallest absolute Gasteiger partial charge is 0.204 e. The number of hydrogen-bond acceptors (Lipinski definition) is 3. The molecule has 3 heteroatoms. The van der Waals surface area contributed by atoms with Crippen molar-refractivity contribution in [2.75, 3.05) is 13.2 Å². The molecule has 21 heavy (non-hydrogen) atoms. The van der Waals surface area contributed by atoms with Gasteiger partial charge in [0.1, 0.15) is 5.75 Å². The van der Waals surface area contributed by atoms with E-state index in [-0.39, 0.29) is 0 Å². The SMILES string of the molecule is CCCOc1cccc(Oc2ccccc2)c1OCCC. The van der Waals surface area contributed by atoms with Crippen LogP contribution in [0.1, 0.15) is 26.7 Å². The zero-order valence-electron chi connectivity index (χ0n) is 12.7. The van der Waals surface area contributed by atoms with Crippen molar-refractivity contribution in [3.8, 4) is 23.0 Å². The standard InChI is InChI=1S/C18H22O3/c1-3-13-19-16-11-8-12-17(18(16)20-14-4-2)21-15-9-6-5-7-10-15/h5-12H,3-4,13-14H2,1-2H3. The predicted octanol–water partition coefficient (Wildman–Crippen LogP) is 5.06. The highest BCUT2D eigenvalue weighted by molar-refractivity contribution is 5.52. The summed E-state index contributed by atoms with van der Waals surface area (Å²) in [6, 6.07) is 15.4. The third-order valence-corrected chi connectivity index (χ3v) is 2.83. The second-order valence-corrected chi connectivity index (χ2v) is 4.70. The monoisotopic (exact) mass is 286 g/mol. The van der Waals surface area contributed by atoms with Gasteiger partial charge in [-0.2, -0.15) is 0 Å². The van der Waals surface area contributed by atoms with Crippen LogP contribution in [0.3, 0.4) is 0 Å². The number of ether oxygens (including phenoxy) is 3. The predicted molar refractivity (Wildman–Crippen MR) is 84.5 cm³/mol. The highest BCUT2D eigenvalue weighted by atomic mass is 16.5. The average molecular weight is 286 g/mol. The summed E-state index contributed by atoms with van der Waals surface area (Å²) in [7, 11) is 0. The Bertz CT molecular complexity index is 537. The largest absolute Gasteiger partial charge is 0.490 e. The van der Waals surface area contributed by atoms with E-state index in [0.717, 1.165) is 24.3 Å². The van der Waals surface area contributed by atoms with Crippen LogP contribution in [0.2, 0.25) is 0 Å². The number of para-hydroxylation sites is 2. The second-order valence-electron chi connectivity index (χ2n) is 4.70. The summed E-state index contributed by atoms with van der Waals surface area (Å²) in [6.45, 7) is 5.46. The molecule has 0 aliphatic rings. The van der Waals surface area contributed by atoms with Crippen molar-refractivity contribution in [1.82, 2.24) is 0 Å². The van der Waals surface area contributed by atoms with E-state index in [1.165, 1.54) is 0 Å². The minimum atomic E-state index is 0.637. The molecule has 0 saturated heterocycles. The first-order valence-electron chi connectivity index (χ1n) is 7.46. The molecule has 0 unspecified atom stereocenters. The maximum atomic E-state index is 5.92. The van der Waals surface area contributed by atoms with Gasteiger partial charge in [0.2, 0.25) is 5.75 Å². The van der Waals surface area contributed by atoms with E-state index in [1.54, 1.807) is 0 Å². The van der Waals surface area contributed by atoms with E-state index in [4.69, 9.17) is 14.2 Å². The lowest BCUT2D eigenvalue weighted by molar-refractivity contribution is 0.259. The molecule has 2 rings (SSSR count). The lowest BCUT2D eigenvalue weighted by Crippen LogP contribution is -2.02. The van der Waals surface area contributed by atoms with Gasteiger partial charge in [-0.15, -0.1) is 0 Å². The molecule has 0 saturated carbocycles. The summed E-state index contributed by atoms with van der Waals surface area (Å²) >= 11 is 0. The van der Waals surface area contributed by atoms with Gasteiger partial charge in [-0.25, -0.2) is 0 Å². The highest BCUT2D eigenvalue weighted by Crippen LogP contribution is 2.39. The molecule has 0 spiro atoms. The van der Waals surface area contributed by atoms with Gasteiger partial charge in [-0.05, 0) is 37.1 Å². The molecule has 2 aromatic carbocycles. The number of rotatable bonds is 8. The molecule has 0 aliphatic heterocycles. The van der Waals surface area contributed by atoms with Crippen LogP contribution >= 0.6 is 0 Å². The van der Waals surface area contributed by atoms with Crippen molar-refractivity contribution < 1.29 is 14.2 Å². The molecule has 0 N–H and O–H groups in total. The average Bonchev–Trinajstić information content (AvgIpc) is 2.53. The summed E-state index contributed by atoms with van der Waals surface area (Å²) in [5.74, 6) is 2.88. The van der Waals surface area contributed by atoms with Crippen molar-refractivity contribution in [3.05, 3.63) is 48.5 Å². The molecule has 0 heterocycles. The fourth-order valence-corrected chi connectivity index (χ4v) is 1.86. The minimum absolute atomic E-state index is 0.637. The zero-order chi connectivity index (χ0) is 14.9. The van der Waals surface area contributed by atoms with Crippen molar-refractivity contribution in [3.63, 3.8) is 0 Å². The van der Waals surface area contributed by atoms with Crippen LogP contribution in [0.25, 0.3) is 0 Å². The Morgan fingerprint density at radius 2 is 1.38 bits per heavy atom.